The first-order valence-electron chi connectivity index (χ1n) is 5.35. The molecule has 4 heteroatoms. The largest absolute Gasteiger partial charge is 0.493 e. The summed E-state index contributed by atoms with van der Waals surface area (Å²) in [5.74, 6) is 1.36. The molecular formula is C12H14BrNO2. The Morgan fingerprint density at radius 2 is 2.19 bits per heavy atom. The SMILES string of the molecule is NCC(=O)c1cc(Br)cc(OCC2CC2)c1. The van der Waals surface area contributed by atoms with Crippen LogP contribution in [0.25, 0.3) is 0 Å². The lowest BCUT2D eigenvalue weighted by molar-refractivity contribution is 0.100. The molecule has 0 heterocycles. The lowest BCUT2D eigenvalue weighted by Gasteiger charge is -2.07. The fourth-order valence-corrected chi connectivity index (χ4v) is 1.90. The van der Waals surface area contributed by atoms with Crippen molar-refractivity contribution in [2.24, 2.45) is 11.7 Å². The van der Waals surface area contributed by atoms with E-state index in [-0.39, 0.29) is 12.3 Å². The lowest BCUT2D eigenvalue weighted by atomic mass is 10.1. The number of carbonyl (C=O) groups is 1. The summed E-state index contributed by atoms with van der Waals surface area (Å²) in [5, 5.41) is 0. The Bertz CT molecular complexity index is 402. The minimum atomic E-state index is -0.0717. The van der Waals surface area contributed by atoms with E-state index in [0.29, 0.717) is 11.5 Å². The van der Waals surface area contributed by atoms with Crippen molar-refractivity contribution in [2.45, 2.75) is 12.8 Å². The van der Waals surface area contributed by atoms with E-state index in [0.717, 1.165) is 16.8 Å². The highest BCUT2D eigenvalue weighted by molar-refractivity contribution is 9.10. The van der Waals surface area contributed by atoms with Crippen molar-refractivity contribution >= 4 is 21.7 Å². The zero-order chi connectivity index (χ0) is 11.5. The number of benzene rings is 1. The third-order valence-electron chi connectivity index (χ3n) is 2.56. The summed E-state index contributed by atoms with van der Waals surface area (Å²) in [6.07, 6.45) is 2.51. The molecule has 3 nitrogen and oxygen atoms in total. The van der Waals surface area contributed by atoms with Crippen LogP contribution in [0.15, 0.2) is 22.7 Å². The second-order valence-electron chi connectivity index (χ2n) is 4.06. The Hall–Kier alpha value is -0.870. The summed E-state index contributed by atoms with van der Waals surface area (Å²) in [7, 11) is 0. The molecule has 86 valence electrons. The molecule has 0 atom stereocenters. The van der Waals surface area contributed by atoms with Crippen molar-refractivity contribution in [2.75, 3.05) is 13.2 Å². The lowest BCUT2D eigenvalue weighted by Crippen LogP contribution is -2.13. The molecule has 1 aliphatic rings. The van der Waals surface area contributed by atoms with Crippen LogP contribution in [0.5, 0.6) is 5.75 Å². The Balaban J connectivity index is 2.10. The van der Waals surface area contributed by atoms with Crippen LogP contribution in [0.2, 0.25) is 0 Å². The molecule has 0 radical (unpaired) electrons. The molecule has 0 amide bonds. The van der Waals surface area contributed by atoms with Crippen molar-refractivity contribution in [1.29, 1.82) is 0 Å². The predicted molar refractivity (Wildman–Crippen MR) is 65.7 cm³/mol. The van der Waals surface area contributed by atoms with E-state index in [2.05, 4.69) is 15.9 Å². The van der Waals surface area contributed by atoms with Gasteiger partial charge in [-0.25, -0.2) is 0 Å². The van der Waals surface area contributed by atoms with Gasteiger partial charge in [0.05, 0.1) is 13.2 Å². The Kier molecular flexibility index (Phi) is 3.61. The molecule has 16 heavy (non-hydrogen) atoms. The van der Waals surface area contributed by atoms with Gasteiger partial charge in [-0.05, 0) is 37.0 Å². The number of ether oxygens (including phenoxy) is 1. The fourth-order valence-electron chi connectivity index (χ4n) is 1.42. The molecule has 2 N–H and O–H groups in total. The second kappa shape index (κ2) is 4.97. The van der Waals surface area contributed by atoms with Gasteiger partial charge in [-0.2, -0.15) is 0 Å². The van der Waals surface area contributed by atoms with Gasteiger partial charge in [0.2, 0.25) is 0 Å². The van der Waals surface area contributed by atoms with Crippen LogP contribution in [-0.4, -0.2) is 18.9 Å². The predicted octanol–water partition coefficient (Wildman–Crippen LogP) is 2.38. The summed E-state index contributed by atoms with van der Waals surface area (Å²) in [4.78, 5) is 11.5. The molecule has 1 aromatic rings. The molecule has 0 unspecified atom stereocenters. The standard InChI is InChI=1S/C12H14BrNO2/c13-10-3-9(12(15)6-14)4-11(5-10)16-7-8-1-2-8/h3-5,8H,1-2,6-7,14H2. The summed E-state index contributed by atoms with van der Waals surface area (Å²) in [5.41, 5.74) is 5.93. The van der Waals surface area contributed by atoms with Crippen LogP contribution >= 0.6 is 15.9 Å². The Labute approximate surface area is 103 Å². The summed E-state index contributed by atoms with van der Waals surface area (Å²) < 4.78 is 6.47. The number of hydrogen-bond acceptors (Lipinski definition) is 3. The van der Waals surface area contributed by atoms with E-state index in [1.807, 2.05) is 6.07 Å². The third kappa shape index (κ3) is 3.06. The molecule has 0 bridgehead atoms. The molecule has 1 saturated carbocycles. The van der Waals surface area contributed by atoms with Gasteiger partial charge in [0.1, 0.15) is 5.75 Å². The number of rotatable bonds is 5. The number of hydrogen-bond donors (Lipinski definition) is 1. The zero-order valence-corrected chi connectivity index (χ0v) is 10.5. The minimum Gasteiger partial charge on any atom is -0.493 e. The van der Waals surface area contributed by atoms with Gasteiger partial charge in [-0.1, -0.05) is 15.9 Å². The van der Waals surface area contributed by atoms with Crippen LogP contribution in [0.4, 0.5) is 0 Å². The van der Waals surface area contributed by atoms with Gasteiger partial charge in [0, 0.05) is 10.0 Å². The third-order valence-corrected chi connectivity index (χ3v) is 3.02. The number of Topliss-reactive ketones (excluding diaryl/α,β-unsaturated/α-hetero) is 1. The molecular weight excluding hydrogens is 270 g/mol. The average Bonchev–Trinajstić information content (AvgIpc) is 3.08. The van der Waals surface area contributed by atoms with Crippen molar-refractivity contribution in [1.82, 2.24) is 0 Å². The number of carbonyl (C=O) groups excluding carboxylic acids is 1. The molecule has 0 saturated heterocycles. The van der Waals surface area contributed by atoms with E-state index in [4.69, 9.17) is 10.5 Å². The minimum absolute atomic E-state index is 0.0263. The van der Waals surface area contributed by atoms with E-state index < -0.39 is 0 Å². The first kappa shape index (κ1) is 11.6. The first-order chi connectivity index (χ1) is 7.69. The summed E-state index contributed by atoms with van der Waals surface area (Å²) >= 11 is 3.36. The van der Waals surface area contributed by atoms with E-state index >= 15 is 0 Å². The van der Waals surface area contributed by atoms with Gasteiger partial charge in [-0.3, -0.25) is 4.79 Å². The van der Waals surface area contributed by atoms with Crippen LogP contribution in [-0.2, 0) is 0 Å². The second-order valence-corrected chi connectivity index (χ2v) is 4.97. The molecule has 1 fully saturated rings. The molecule has 1 aromatic carbocycles. The van der Waals surface area contributed by atoms with E-state index in [9.17, 15) is 4.79 Å². The monoisotopic (exact) mass is 283 g/mol. The quantitative estimate of drug-likeness (QED) is 0.845. The summed E-state index contributed by atoms with van der Waals surface area (Å²) in [6.45, 7) is 0.769. The summed E-state index contributed by atoms with van der Waals surface area (Å²) in [6, 6.07) is 5.39. The van der Waals surface area contributed by atoms with Crippen molar-refractivity contribution < 1.29 is 9.53 Å². The molecule has 0 spiro atoms. The van der Waals surface area contributed by atoms with Crippen LogP contribution in [0.3, 0.4) is 0 Å². The topological polar surface area (TPSA) is 52.3 Å². The molecule has 0 aromatic heterocycles. The molecule has 0 aliphatic heterocycles. The van der Waals surface area contributed by atoms with E-state index in [1.54, 1.807) is 12.1 Å². The van der Waals surface area contributed by atoms with Crippen molar-refractivity contribution in [3.8, 4) is 5.75 Å². The smallest absolute Gasteiger partial charge is 0.176 e. The van der Waals surface area contributed by atoms with Gasteiger partial charge >= 0.3 is 0 Å². The van der Waals surface area contributed by atoms with Gasteiger partial charge in [0.25, 0.3) is 0 Å². The highest BCUT2D eigenvalue weighted by Crippen LogP contribution is 2.30. The van der Waals surface area contributed by atoms with Gasteiger partial charge < -0.3 is 10.5 Å². The number of nitrogens with two attached hydrogens (primary N) is 1. The highest BCUT2D eigenvalue weighted by atomic mass is 79.9. The van der Waals surface area contributed by atoms with Crippen LogP contribution in [0.1, 0.15) is 23.2 Å². The molecule has 2 rings (SSSR count). The zero-order valence-electron chi connectivity index (χ0n) is 8.91. The van der Waals surface area contributed by atoms with Crippen LogP contribution < -0.4 is 10.5 Å². The Morgan fingerprint density at radius 1 is 1.44 bits per heavy atom. The first-order valence-corrected chi connectivity index (χ1v) is 6.15. The van der Waals surface area contributed by atoms with Crippen molar-refractivity contribution in [3.05, 3.63) is 28.2 Å². The molecule has 1 aliphatic carbocycles. The van der Waals surface area contributed by atoms with Gasteiger partial charge in [-0.15, -0.1) is 0 Å². The van der Waals surface area contributed by atoms with Crippen molar-refractivity contribution in [3.63, 3.8) is 0 Å². The van der Waals surface area contributed by atoms with Gasteiger partial charge in [0.15, 0.2) is 5.78 Å². The maximum absolute atomic E-state index is 11.5. The highest BCUT2D eigenvalue weighted by Gasteiger charge is 2.22. The maximum Gasteiger partial charge on any atom is 0.176 e. The maximum atomic E-state index is 11.5. The number of halogens is 1. The average molecular weight is 284 g/mol. The fraction of sp³-hybridized carbons (Fsp3) is 0.417. The number of ketones is 1. The van der Waals surface area contributed by atoms with E-state index in [1.165, 1.54) is 12.8 Å². The van der Waals surface area contributed by atoms with Crippen LogP contribution in [0, 0.1) is 5.92 Å². The normalized spacial score (nSPS) is 14.9. The Morgan fingerprint density at radius 3 is 2.81 bits per heavy atom.